The van der Waals surface area contributed by atoms with Gasteiger partial charge in [-0.05, 0) is 30.9 Å². The van der Waals surface area contributed by atoms with Crippen molar-refractivity contribution in [2.45, 2.75) is 46.5 Å². The van der Waals surface area contributed by atoms with E-state index >= 15 is 0 Å². The second kappa shape index (κ2) is 8.16. The van der Waals surface area contributed by atoms with Gasteiger partial charge in [0.2, 0.25) is 0 Å². The Labute approximate surface area is 107 Å². The predicted molar refractivity (Wildman–Crippen MR) is 77.6 cm³/mol. The molecule has 1 unspecified atom stereocenters. The van der Waals surface area contributed by atoms with Crippen LogP contribution in [-0.2, 0) is 0 Å². The molecule has 0 aliphatic carbocycles. The second-order valence-electron chi connectivity index (χ2n) is 5.03. The minimum absolute atomic E-state index is 0.789. The van der Waals surface area contributed by atoms with E-state index in [1.807, 2.05) is 0 Å². The Morgan fingerprint density at radius 2 is 1.76 bits per heavy atom. The monoisotopic (exact) mass is 233 g/mol. The molecule has 0 saturated heterocycles. The fourth-order valence-corrected chi connectivity index (χ4v) is 2.27. The first-order valence-electron chi connectivity index (χ1n) is 7.07. The maximum atomic E-state index is 2.55. The maximum absolute atomic E-state index is 2.55. The molecule has 0 saturated carbocycles. The van der Waals surface area contributed by atoms with Crippen LogP contribution in [0.2, 0.25) is 0 Å². The highest BCUT2D eigenvalue weighted by Crippen LogP contribution is 2.17. The number of para-hydroxylation sites is 1. The van der Waals surface area contributed by atoms with Gasteiger partial charge < -0.3 is 4.90 Å². The van der Waals surface area contributed by atoms with Crippen molar-refractivity contribution >= 4 is 5.69 Å². The first-order chi connectivity index (χ1) is 8.27. The fourth-order valence-electron chi connectivity index (χ4n) is 2.27. The quantitative estimate of drug-likeness (QED) is 0.627. The van der Waals surface area contributed by atoms with E-state index < -0.39 is 0 Å². The van der Waals surface area contributed by atoms with Crippen LogP contribution in [0.1, 0.15) is 46.5 Å². The molecule has 0 heterocycles. The van der Waals surface area contributed by atoms with Crippen LogP contribution in [-0.4, -0.2) is 13.1 Å². The number of hydrogen-bond acceptors (Lipinski definition) is 1. The standard InChI is InChI=1S/C16H27N/c1-4-6-13-17(14-15(3)10-5-2)16-11-8-7-9-12-16/h7-9,11-12,15H,4-6,10,13-14H2,1-3H3. The summed E-state index contributed by atoms with van der Waals surface area (Å²) < 4.78 is 0. The summed E-state index contributed by atoms with van der Waals surface area (Å²) in [6.07, 6.45) is 5.17. The first kappa shape index (κ1) is 14.1. The van der Waals surface area contributed by atoms with Crippen molar-refractivity contribution in [2.24, 2.45) is 5.92 Å². The Kier molecular flexibility index (Phi) is 6.76. The molecule has 0 aliphatic heterocycles. The summed E-state index contributed by atoms with van der Waals surface area (Å²) in [7, 11) is 0. The van der Waals surface area contributed by atoms with Gasteiger partial charge in [-0.15, -0.1) is 0 Å². The van der Waals surface area contributed by atoms with Gasteiger partial charge in [-0.25, -0.2) is 0 Å². The number of anilines is 1. The Morgan fingerprint density at radius 1 is 1.06 bits per heavy atom. The summed E-state index contributed by atoms with van der Waals surface area (Å²) in [5.41, 5.74) is 1.38. The van der Waals surface area contributed by atoms with Gasteiger partial charge in [0.1, 0.15) is 0 Å². The van der Waals surface area contributed by atoms with Crippen molar-refractivity contribution < 1.29 is 0 Å². The van der Waals surface area contributed by atoms with Crippen molar-refractivity contribution in [1.29, 1.82) is 0 Å². The molecule has 0 N–H and O–H groups in total. The minimum atomic E-state index is 0.789. The third kappa shape index (κ3) is 5.25. The van der Waals surface area contributed by atoms with Gasteiger partial charge >= 0.3 is 0 Å². The predicted octanol–water partition coefficient (Wildman–Crippen LogP) is 4.73. The maximum Gasteiger partial charge on any atom is 0.0366 e. The molecule has 0 fully saturated rings. The minimum Gasteiger partial charge on any atom is -0.371 e. The average Bonchev–Trinajstić information content (AvgIpc) is 2.36. The molecule has 17 heavy (non-hydrogen) atoms. The highest BCUT2D eigenvalue weighted by molar-refractivity contribution is 5.45. The fraction of sp³-hybridized carbons (Fsp3) is 0.625. The summed E-state index contributed by atoms with van der Waals surface area (Å²) in [6, 6.07) is 10.8. The number of nitrogens with zero attached hydrogens (tertiary/aromatic N) is 1. The van der Waals surface area contributed by atoms with Gasteiger partial charge in [0, 0.05) is 18.8 Å². The highest BCUT2D eigenvalue weighted by Gasteiger charge is 2.09. The largest absolute Gasteiger partial charge is 0.371 e. The van der Waals surface area contributed by atoms with Gasteiger partial charge in [0.25, 0.3) is 0 Å². The third-order valence-corrected chi connectivity index (χ3v) is 3.22. The van der Waals surface area contributed by atoms with E-state index in [1.54, 1.807) is 0 Å². The van der Waals surface area contributed by atoms with Crippen molar-refractivity contribution in [3.8, 4) is 0 Å². The highest BCUT2D eigenvalue weighted by atomic mass is 15.1. The van der Waals surface area contributed by atoms with E-state index in [4.69, 9.17) is 0 Å². The number of rotatable bonds is 8. The molecular formula is C16H27N. The Morgan fingerprint density at radius 3 is 2.35 bits per heavy atom. The molecule has 96 valence electrons. The number of unbranched alkanes of at least 4 members (excludes halogenated alkanes) is 1. The molecule has 0 amide bonds. The average molecular weight is 233 g/mol. The van der Waals surface area contributed by atoms with E-state index in [9.17, 15) is 0 Å². The lowest BCUT2D eigenvalue weighted by Gasteiger charge is -2.28. The number of hydrogen-bond donors (Lipinski definition) is 0. The molecule has 1 aromatic rings. The summed E-state index contributed by atoms with van der Waals surface area (Å²) in [6.45, 7) is 9.28. The van der Waals surface area contributed by atoms with Gasteiger partial charge in [-0.2, -0.15) is 0 Å². The lowest BCUT2D eigenvalue weighted by atomic mass is 10.0. The molecule has 1 heteroatoms. The smallest absolute Gasteiger partial charge is 0.0366 e. The molecule has 1 rings (SSSR count). The zero-order valence-corrected chi connectivity index (χ0v) is 11.7. The summed E-state index contributed by atoms with van der Waals surface area (Å²) in [4.78, 5) is 2.55. The van der Waals surface area contributed by atoms with Crippen LogP contribution in [0.5, 0.6) is 0 Å². The van der Waals surface area contributed by atoms with Crippen LogP contribution in [0.4, 0.5) is 5.69 Å². The lowest BCUT2D eigenvalue weighted by Crippen LogP contribution is -2.29. The van der Waals surface area contributed by atoms with Crippen LogP contribution in [0.15, 0.2) is 30.3 Å². The molecular weight excluding hydrogens is 206 g/mol. The lowest BCUT2D eigenvalue weighted by molar-refractivity contribution is 0.507. The van der Waals surface area contributed by atoms with E-state index in [1.165, 1.54) is 44.5 Å². The molecule has 0 spiro atoms. The van der Waals surface area contributed by atoms with Crippen LogP contribution >= 0.6 is 0 Å². The molecule has 0 aliphatic rings. The molecule has 1 nitrogen and oxygen atoms in total. The molecule has 0 aromatic heterocycles. The zero-order chi connectivity index (χ0) is 12.5. The van der Waals surface area contributed by atoms with Crippen LogP contribution in [0, 0.1) is 5.92 Å². The molecule has 0 bridgehead atoms. The topological polar surface area (TPSA) is 3.24 Å². The Hall–Kier alpha value is -0.980. The van der Waals surface area contributed by atoms with Gasteiger partial charge in [-0.1, -0.05) is 51.8 Å². The van der Waals surface area contributed by atoms with Crippen LogP contribution < -0.4 is 4.90 Å². The van der Waals surface area contributed by atoms with Crippen LogP contribution in [0.3, 0.4) is 0 Å². The van der Waals surface area contributed by atoms with Crippen molar-refractivity contribution in [2.75, 3.05) is 18.0 Å². The third-order valence-electron chi connectivity index (χ3n) is 3.22. The van der Waals surface area contributed by atoms with E-state index in [0.29, 0.717) is 0 Å². The van der Waals surface area contributed by atoms with Gasteiger partial charge in [-0.3, -0.25) is 0 Å². The summed E-state index contributed by atoms with van der Waals surface area (Å²) >= 11 is 0. The van der Waals surface area contributed by atoms with Gasteiger partial charge in [0.15, 0.2) is 0 Å². The summed E-state index contributed by atoms with van der Waals surface area (Å²) in [5, 5.41) is 0. The Bertz CT molecular complexity index is 281. The Balaban J connectivity index is 2.60. The molecule has 1 aromatic carbocycles. The number of benzene rings is 1. The normalized spacial score (nSPS) is 12.4. The zero-order valence-electron chi connectivity index (χ0n) is 11.7. The van der Waals surface area contributed by atoms with Gasteiger partial charge in [0.05, 0.1) is 0 Å². The van der Waals surface area contributed by atoms with E-state index in [-0.39, 0.29) is 0 Å². The van der Waals surface area contributed by atoms with Crippen LogP contribution in [0.25, 0.3) is 0 Å². The van der Waals surface area contributed by atoms with E-state index in [2.05, 4.69) is 56.0 Å². The second-order valence-corrected chi connectivity index (χ2v) is 5.03. The molecule has 0 radical (unpaired) electrons. The summed E-state index contributed by atoms with van der Waals surface area (Å²) in [5.74, 6) is 0.789. The van der Waals surface area contributed by atoms with Crippen molar-refractivity contribution in [3.63, 3.8) is 0 Å². The SMILES string of the molecule is CCCCN(CC(C)CCC)c1ccccc1. The van der Waals surface area contributed by atoms with Crippen molar-refractivity contribution in [1.82, 2.24) is 0 Å². The first-order valence-corrected chi connectivity index (χ1v) is 7.07. The van der Waals surface area contributed by atoms with E-state index in [0.717, 1.165) is 5.92 Å². The van der Waals surface area contributed by atoms with Crippen molar-refractivity contribution in [3.05, 3.63) is 30.3 Å². The molecule has 1 atom stereocenters.